The summed E-state index contributed by atoms with van der Waals surface area (Å²) >= 11 is 0. The number of aliphatic hydroxyl groups is 1. The third kappa shape index (κ3) is 2.15. The molecule has 2 rings (SSSR count). The van der Waals surface area contributed by atoms with Gasteiger partial charge in [0, 0.05) is 31.8 Å². The molecule has 1 aromatic rings. The number of aliphatic hydroxyl groups excluding tert-OH is 1. The number of nitrogens with zero attached hydrogens (tertiary/aromatic N) is 2. The van der Waals surface area contributed by atoms with Gasteiger partial charge in [0.15, 0.2) is 0 Å². The molecule has 1 amide bonds. The predicted octanol–water partition coefficient (Wildman–Crippen LogP) is 0.536. The van der Waals surface area contributed by atoms with Crippen molar-refractivity contribution in [1.29, 1.82) is 0 Å². The van der Waals surface area contributed by atoms with E-state index in [2.05, 4.69) is 4.98 Å². The summed E-state index contributed by atoms with van der Waals surface area (Å²) in [6, 6.07) is 5.31. The van der Waals surface area contributed by atoms with Crippen molar-refractivity contribution in [2.45, 2.75) is 6.42 Å². The van der Waals surface area contributed by atoms with E-state index in [1.807, 2.05) is 0 Å². The number of likely N-dealkylation sites (tertiary alicyclic amines) is 1. The molecule has 80 valence electrons. The van der Waals surface area contributed by atoms with Crippen LogP contribution >= 0.6 is 0 Å². The Morgan fingerprint density at radius 1 is 1.60 bits per heavy atom. The molecule has 1 saturated heterocycles. The normalized spacial score (nSPS) is 20.6. The van der Waals surface area contributed by atoms with Crippen molar-refractivity contribution in [1.82, 2.24) is 9.88 Å². The van der Waals surface area contributed by atoms with Crippen LogP contribution < -0.4 is 0 Å². The molecule has 1 aliphatic rings. The minimum Gasteiger partial charge on any atom is -0.396 e. The molecule has 4 nitrogen and oxygen atoms in total. The van der Waals surface area contributed by atoms with E-state index in [0.717, 1.165) is 13.0 Å². The van der Waals surface area contributed by atoms with Crippen molar-refractivity contribution < 1.29 is 9.90 Å². The second kappa shape index (κ2) is 4.40. The molecule has 4 heteroatoms. The highest BCUT2D eigenvalue weighted by atomic mass is 16.3. The second-order valence-electron chi connectivity index (χ2n) is 3.80. The quantitative estimate of drug-likeness (QED) is 0.768. The number of hydrogen-bond acceptors (Lipinski definition) is 3. The Morgan fingerprint density at radius 2 is 2.47 bits per heavy atom. The van der Waals surface area contributed by atoms with E-state index >= 15 is 0 Å². The van der Waals surface area contributed by atoms with E-state index in [1.165, 1.54) is 0 Å². The van der Waals surface area contributed by atoms with Gasteiger partial charge in [-0.15, -0.1) is 0 Å². The molecule has 0 unspecified atom stereocenters. The van der Waals surface area contributed by atoms with Crippen LogP contribution in [-0.4, -0.2) is 40.6 Å². The minimum atomic E-state index is -0.0356. The lowest BCUT2D eigenvalue weighted by atomic mass is 10.1. The number of pyridine rings is 1. The van der Waals surface area contributed by atoms with Crippen LogP contribution in [0.5, 0.6) is 0 Å². The van der Waals surface area contributed by atoms with Gasteiger partial charge in [-0.1, -0.05) is 6.07 Å². The first-order valence-electron chi connectivity index (χ1n) is 5.12. The molecule has 0 saturated carbocycles. The Hall–Kier alpha value is -1.42. The van der Waals surface area contributed by atoms with E-state index in [4.69, 9.17) is 5.11 Å². The number of hydrogen-bond donors (Lipinski definition) is 1. The summed E-state index contributed by atoms with van der Waals surface area (Å²) in [4.78, 5) is 17.7. The van der Waals surface area contributed by atoms with Gasteiger partial charge in [-0.05, 0) is 18.6 Å². The maximum Gasteiger partial charge on any atom is 0.272 e. The fourth-order valence-corrected chi connectivity index (χ4v) is 1.82. The molecule has 1 N–H and O–H groups in total. The Kier molecular flexibility index (Phi) is 2.97. The summed E-state index contributed by atoms with van der Waals surface area (Å²) in [5, 5.41) is 8.98. The minimum absolute atomic E-state index is 0.0356. The Labute approximate surface area is 88.6 Å². The standard InChI is InChI=1S/C11H14N2O2/c14-8-9-4-6-13(7-9)11(15)10-3-1-2-5-12-10/h1-3,5,9,14H,4,6-8H2/t9-/m0/s1. The molecule has 0 spiro atoms. The lowest BCUT2D eigenvalue weighted by Crippen LogP contribution is -2.29. The Morgan fingerprint density at radius 3 is 3.07 bits per heavy atom. The monoisotopic (exact) mass is 206 g/mol. The van der Waals surface area contributed by atoms with Crippen LogP contribution in [0.2, 0.25) is 0 Å². The van der Waals surface area contributed by atoms with Gasteiger partial charge in [-0.2, -0.15) is 0 Å². The summed E-state index contributed by atoms with van der Waals surface area (Å²) in [6.07, 6.45) is 2.50. The van der Waals surface area contributed by atoms with Crippen LogP contribution in [0.15, 0.2) is 24.4 Å². The Balaban J connectivity index is 2.04. The van der Waals surface area contributed by atoms with Crippen molar-refractivity contribution in [3.63, 3.8) is 0 Å². The molecule has 1 atom stereocenters. The van der Waals surface area contributed by atoms with Crippen molar-refractivity contribution in [2.24, 2.45) is 5.92 Å². The van der Waals surface area contributed by atoms with Crippen molar-refractivity contribution >= 4 is 5.91 Å². The van der Waals surface area contributed by atoms with Crippen LogP contribution in [0.4, 0.5) is 0 Å². The lowest BCUT2D eigenvalue weighted by Gasteiger charge is -2.15. The second-order valence-corrected chi connectivity index (χ2v) is 3.80. The molecule has 0 bridgehead atoms. The number of carbonyl (C=O) groups is 1. The van der Waals surface area contributed by atoms with Gasteiger partial charge >= 0.3 is 0 Å². The molecule has 1 aliphatic heterocycles. The summed E-state index contributed by atoms with van der Waals surface area (Å²) in [6.45, 7) is 1.53. The van der Waals surface area contributed by atoms with E-state index in [-0.39, 0.29) is 18.4 Å². The highest BCUT2D eigenvalue weighted by Crippen LogP contribution is 2.17. The van der Waals surface area contributed by atoms with Gasteiger partial charge in [0.25, 0.3) is 5.91 Å². The molecule has 2 heterocycles. The maximum atomic E-state index is 11.9. The third-order valence-electron chi connectivity index (χ3n) is 2.72. The molecular weight excluding hydrogens is 192 g/mol. The van der Waals surface area contributed by atoms with Crippen LogP contribution in [0.25, 0.3) is 0 Å². The summed E-state index contributed by atoms with van der Waals surface area (Å²) in [5.74, 6) is 0.198. The number of carbonyl (C=O) groups excluding carboxylic acids is 1. The zero-order valence-corrected chi connectivity index (χ0v) is 8.47. The van der Waals surface area contributed by atoms with Gasteiger partial charge in [0.05, 0.1) is 0 Å². The lowest BCUT2D eigenvalue weighted by molar-refractivity contribution is 0.0776. The zero-order chi connectivity index (χ0) is 10.7. The van der Waals surface area contributed by atoms with Gasteiger partial charge in [-0.25, -0.2) is 0 Å². The van der Waals surface area contributed by atoms with Gasteiger partial charge in [0.2, 0.25) is 0 Å². The smallest absolute Gasteiger partial charge is 0.272 e. The van der Waals surface area contributed by atoms with Gasteiger partial charge in [0.1, 0.15) is 5.69 Å². The van der Waals surface area contributed by atoms with Crippen LogP contribution in [-0.2, 0) is 0 Å². The number of amides is 1. The molecule has 0 radical (unpaired) electrons. The largest absolute Gasteiger partial charge is 0.396 e. The fraction of sp³-hybridized carbons (Fsp3) is 0.455. The average molecular weight is 206 g/mol. The first-order valence-corrected chi connectivity index (χ1v) is 5.12. The number of rotatable bonds is 2. The van der Waals surface area contributed by atoms with E-state index in [0.29, 0.717) is 12.2 Å². The van der Waals surface area contributed by atoms with Crippen LogP contribution in [0, 0.1) is 5.92 Å². The van der Waals surface area contributed by atoms with Crippen LogP contribution in [0.3, 0.4) is 0 Å². The highest BCUT2D eigenvalue weighted by Gasteiger charge is 2.26. The third-order valence-corrected chi connectivity index (χ3v) is 2.72. The van der Waals surface area contributed by atoms with E-state index in [1.54, 1.807) is 29.3 Å². The van der Waals surface area contributed by atoms with E-state index in [9.17, 15) is 4.79 Å². The first-order chi connectivity index (χ1) is 7.31. The summed E-state index contributed by atoms with van der Waals surface area (Å²) in [5.41, 5.74) is 0.482. The number of aromatic nitrogens is 1. The predicted molar refractivity (Wildman–Crippen MR) is 55.3 cm³/mol. The molecular formula is C11H14N2O2. The molecule has 0 aromatic carbocycles. The van der Waals surface area contributed by atoms with Crippen molar-refractivity contribution in [3.05, 3.63) is 30.1 Å². The fourth-order valence-electron chi connectivity index (χ4n) is 1.82. The molecule has 1 fully saturated rings. The average Bonchev–Trinajstić information content (AvgIpc) is 2.78. The summed E-state index contributed by atoms with van der Waals surface area (Å²) < 4.78 is 0. The van der Waals surface area contributed by atoms with Crippen LogP contribution in [0.1, 0.15) is 16.9 Å². The molecule has 15 heavy (non-hydrogen) atoms. The van der Waals surface area contributed by atoms with Crippen molar-refractivity contribution in [2.75, 3.05) is 19.7 Å². The zero-order valence-electron chi connectivity index (χ0n) is 8.47. The van der Waals surface area contributed by atoms with Gasteiger partial charge < -0.3 is 10.0 Å². The first kappa shape index (κ1) is 10.1. The molecule has 1 aromatic heterocycles. The summed E-state index contributed by atoms with van der Waals surface area (Å²) in [7, 11) is 0. The molecule has 0 aliphatic carbocycles. The maximum absolute atomic E-state index is 11.9. The SMILES string of the molecule is O=C(c1ccccn1)N1CC[C@H](CO)C1. The highest BCUT2D eigenvalue weighted by molar-refractivity contribution is 5.92. The topological polar surface area (TPSA) is 53.4 Å². The Bertz CT molecular complexity index is 340. The van der Waals surface area contributed by atoms with Crippen molar-refractivity contribution in [3.8, 4) is 0 Å². The van der Waals surface area contributed by atoms with E-state index < -0.39 is 0 Å². The van der Waals surface area contributed by atoms with Gasteiger partial charge in [-0.3, -0.25) is 9.78 Å².